The number of nitrogens with zero attached hydrogens (tertiary/aromatic N) is 1. The zero-order valence-corrected chi connectivity index (χ0v) is 65.1. The molecule has 0 aliphatic carbocycles. The van der Waals surface area contributed by atoms with E-state index in [4.69, 9.17) is 57.6 Å². The fraction of sp³-hybridized carbons (Fsp3) is 0.901. The van der Waals surface area contributed by atoms with Crippen LogP contribution < -0.4 is 19.5 Å². The van der Waals surface area contributed by atoms with Gasteiger partial charge >= 0.3 is 0 Å². The minimum Gasteiger partial charge on any atom is -0.490 e. The van der Waals surface area contributed by atoms with E-state index >= 15 is 0 Å². The van der Waals surface area contributed by atoms with Crippen molar-refractivity contribution < 1.29 is 60.9 Å². The first-order chi connectivity index (χ1) is 48.3. The zero-order valence-electron chi connectivity index (χ0n) is 64.2. The third-order valence-electron chi connectivity index (χ3n) is 18.0. The molecule has 15 nitrogen and oxygen atoms in total. The second-order valence-corrected chi connectivity index (χ2v) is 30.0. The Morgan fingerprint density at radius 3 is 0.847 bits per heavy atom. The molecule has 0 aliphatic rings. The number of benzene rings is 1. The molecule has 1 rings (SSSR count). The SMILES string of the molecule is CCCCCCCCCCCCCCCCCCOc1cc(CN/C=C(/COCCOCCOCCOCCOCCOCCOCCOCCP(C)(=O)F)N=N)cc(OCCCCCCCCCCCCCCCCCC)c1OCCCCCCCCCCCCCCCCCC. The number of nitrogens with one attached hydrogen (secondary N) is 2. The molecular weight excluding hydrogens is 1260 g/mol. The van der Waals surface area contributed by atoms with Crippen molar-refractivity contribution in [2.24, 2.45) is 5.11 Å². The molecule has 98 heavy (non-hydrogen) atoms. The lowest BCUT2D eigenvalue weighted by molar-refractivity contribution is -0.0224. The molecule has 578 valence electrons. The Morgan fingerprint density at radius 1 is 0.357 bits per heavy atom. The summed E-state index contributed by atoms with van der Waals surface area (Å²) in [5.74, 6) is 2.25. The predicted molar refractivity (Wildman–Crippen MR) is 408 cm³/mol. The van der Waals surface area contributed by atoms with E-state index in [9.17, 15) is 8.76 Å². The lowest BCUT2D eigenvalue weighted by atomic mass is 10.0. The number of rotatable bonds is 84. The molecule has 0 bridgehead atoms. The third kappa shape index (κ3) is 69.3. The van der Waals surface area contributed by atoms with Crippen LogP contribution in [-0.4, -0.2) is 138 Å². The summed E-state index contributed by atoms with van der Waals surface area (Å²) in [5, 5.41) is 7.17. The predicted octanol–water partition coefficient (Wildman–Crippen LogP) is 23.6. The molecule has 0 heterocycles. The zero-order chi connectivity index (χ0) is 70.5. The van der Waals surface area contributed by atoms with Crippen molar-refractivity contribution in [2.75, 3.05) is 138 Å². The smallest absolute Gasteiger partial charge is 0.243 e. The van der Waals surface area contributed by atoms with Gasteiger partial charge in [0.15, 0.2) is 11.5 Å². The van der Waals surface area contributed by atoms with Crippen molar-refractivity contribution in [1.82, 2.24) is 5.32 Å². The summed E-state index contributed by atoms with van der Waals surface area (Å²) in [4.78, 5) is 0. The molecule has 0 saturated heterocycles. The normalized spacial score (nSPS) is 12.4. The first-order valence-corrected chi connectivity index (χ1v) is 43.3. The highest BCUT2D eigenvalue weighted by Crippen LogP contribution is 2.42. The molecule has 0 fully saturated rings. The lowest BCUT2D eigenvalue weighted by Crippen LogP contribution is -2.15. The fourth-order valence-corrected chi connectivity index (χ4v) is 12.4. The Bertz CT molecular complexity index is 1810. The lowest BCUT2D eigenvalue weighted by Gasteiger charge is -2.19. The van der Waals surface area contributed by atoms with Crippen LogP contribution in [0.5, 0.6) is 17.2 Å². The van der Waals surface area contributed by atoms with E-state index in [-0.39, 0.29) is 19.4 Å². The Labute approximate surface area is 602 Å². The molecule has 0 spiro atoms. The van der Waals surface area contributed by atoms with Crippen LogP contribution in [0.1, 0.15) is 335 Å². The van der Waals surface area contributed by atoms with Gasteiger partial charge in [-0.15, -0.1) is 0 Å². The number of unbranched alkanes of at least 4 members (excludes halogenated alkanes) is 45. The highest BCUT2D eigenvalue weighted by atomic mass is 31.2. The molecule has 0 radical (unpaired) electrons. The van der Waals surface area contributed by atoms with E-state index in [1.807, 2.05) is 0 Å². The van der Waals surface area contributed by atoms with Gasteiger partial charge in [0.2, 0.25) is 13.2 Å². The standard InChI is InChI=1S/C81H155FN3O12P/c1-5-8-11-14-17-20-23-26-29-32-35-38-41-44-47-50-53-95-79-72-77(74-84-75-78(85-83)76-94-69-68-92-65-64-90-61-60-88-57-56-87-58-59-89-62-63-91-66-67-93-70-71-98(4,82)86)73-80(96-54-51-48-45-42-39-36-33-30-27-24-21-18-15-12-9-6-2)81(79)97-55-52-49-46-43-40-37-34-31-28-25-22-19-16-13-10-7-3/h72-73,75,83-84H,5-71,74,76H2,1-4H3/b78-75-,85-83?. The van der Waals surface area contributed by atoms with Gasteiger partial charge in [0.1, 0.15) is 5.70 Å². The van der Waals surface area contributed by atoms with Gasteiger partial charge < -0.3 is 57.4 Å². The van der Waals surface area contributed by atoms with Crippen molar-refractivity contribution >= 4 is 7.45 Å². The number of ether oxygens (including phenoxy) is 11. The van der Waals surface area contributed by atoms with Gasteiger partial charge in [0, 0.05) is 19.4 Å². The van der Waals surface area contributed by atoms with Crippen LogP contribution >= 0.6 is 7.45 Å². The van der Waals surface area contributed by atoms with Crippen LogP contribution in [0.3, 0.4) is 0 Å². The van der Waals surface area contributed by atoms with Gasteiger partial charge in [0.05, 0.1) is 132 Å². The van der Waals surface area contributed by atoms with Crippen LogP contribution in [0.4, 0.5) is 4.20 Å². The summed E-state index contributed by atoms with van der Waals surface area (Å²) in [6.45, 7) is 16.6. The van der Waals surface area contributed by atoms with Crippen LogP contribution in [0.15, 0.2) is 29.1 Å². The van der Waals surface area contributed by atoms with Crippen molar-refractivity contribution in [3.63, 3.8) is 0 Å². The second-order valence-electron chi connectivity index (χ2n) is 27.6. The van der Waals surface area contributed by atoms with Gasteiger partial charge in [-0.1, -0.05) is 310 Å². The average Bonchev–Trinajstić information content (AvgIpc) is 0.845. The van der Waals surface area contributed by atoms with Crippen molar-refractivity contribution in [2.45, 2.75) is 336 Å². The Morgan fingerprint density at radius 2 is 0.592 bits per heavy atom. The summed E-state index contributed by atoms with van der Waals surface area (Å²) >= 11 is 0. The van der Waals surface area contributed by atoms with Crippen LogP contribution in [0, 0.1) is 5.53 Å². The molecule has 1 unspecified atom stereocenters. The highest BCUT2D eigenvalue weighted by molar-refractivity contribution is 7.57. The maximum absolute atomic E-state index is 13.0. The number of hydrogen-bond acceptors (Lipinski definition) is 15. The topological polar surface area (TPSA) is 167 Å². The van der Waals surface area contributed by atoms with E-state index in [1.165, 1.54) is 276 Å². The second kappa shape index (κ2) is 77.2. The van der Waals surface area contributed by atoms with Crippen LogP contribution in [0.2, 0.25) is 0 Å². The average molecular weight is 1410 g/mol. The molecule has 0 saturated carbocycles. The van der Waals surface area contributed by atoms with Crippen LogP contribution in [-0.2, 0) is 49.0 Å². The van der Waals surface area contributed by atoms with Crippen LogP contribution in [0.25, 0.3) is 0 Å². The monoisotopic (exact) mass is 1410 g/mol. The summed E-state index contributed by atoms with van der Waals surface area (Å²) < 4.78 is 88.6. The van der Waals surface area contributed by atoms with E-state index in [0.29, 0.717) is 125 Å². The Balaban J connectivity index is 2.72. The van der Waals surface area contributed by atoms with Crippen molar-refractivity contribution in [1.29, 1.82) is 5.53 Å². The van der Waals surface area contributed by atoms with E-state index in [2.05, 4.69) is 43.3 Å². The highest BCUT2D eigenvalue weighted by Gasteiger charge is 2.17. The minimum absolute atomic E-state index is 0.0711. The summed E-state index contributed by atoms with van der Waals surface area (Å²) in [5.41, 5.74) is 9.40. The van der Waals surface area contributed by atoms with Gasteiger partial charge in [-0.3, -0.25) is 4.57 Å². The molecule has 0 aliphatic heterocycles. The van der Waals surface area contributed by atoms with Gasteiger partial charge in [-0.2, -0.15) is 9.31 Å². The maximum Gasteiger partial charge on any atom is 0.243 e. The summed E-state index contributed by atoms with van der Waals surface area (Å²) in [7, 11) is -3.53. The van der Waals surface area contributed by atoms with E-state index in [0.717, 1.165) is 61.6 Å². The van der Waals surface area contributed by atoms with Crippen molar-refractivity contribution in [3.8, 4) is 17.2 Å². The minimum atomic E-state index is -3.53. The van der Waals surface area contributed by atoms with Gasteiger partial charge in [0.25, 0.3) is 0 Å². The molecule has 1 atom stereocenters. The van der Waals surface area contributed by atoms with Gasteiger partial charge in [-0.25, -0.2) is 5.53 Å². The molecule has 1 aromatic carbocycles. The first kappa shape index (κ1) is 93.6. The number of halogens is 1. The van der Waals surface area contributed by atoms with Gasteiger partial charge in [-0.05, 0) is 37.0 Å². The number of hydrogen-bond donors (Lipinski definition) is 2. The Hall–Kier alpha value is -2.40. The summed E-state index contributed by atoms with van der Waals surface area (Å²) in [6.07, 6.45) is 65.9. The quantitative estimate of drug-likeness (QED) is 0.0360. The molecule has 0 aromatic heterocycles. The molecule has 17 heteroatoms. The van der Waals surface area contributed by atoms with Crippen molar-refractivity contribution in [3.05, 3.63) is 29.6 Å². The van der Waals surface area contributed by atoms with E-state index < -0.39 is 7.45 Å². The fourth-order valence-electron chi connectivity index (χ4n) is 11.9. The van der Waals surface area contributed by atoms with E-state index in [1.54, 1.807) is 6.20 Å². The molecule has 2 N–H and O–H groups in total. The summed E-state index contributed by atoms with van der Waals surface area (Å²) in [6, 6.07) is 4.23. The largest absolute Gasteiger partial charge is 0.490 e. The first-order valence-electron chi connectivity index (χ1n) is 41.1. The molecular formula is C81H155FN3O12P. The molecule has 1 aromatic rings. The third-order valence-corrected chi connectivity index (χ3v) is 19.0. The Kier molecular flexibility index (Phi) is 73.8. The molecule has 0 amide bonds. The maximum atomic E-state index is 13.0.